The van der Waals surface area contributed by atoms with Gasteiger partial charge >= 0.3 is 0 Å². The molecule has 0 fully saturated rings. The number of halogens is 1. The van der Waals surface area contributed by atoms with Gasteiger partial charge < -0.3 is 4.74 Å². The molecule has 0 amide bonds. The van der Waals surface area contributed by atoms with Crippen molar-refractivity contribution < 1.29 is 14.5 Å². The summed E-state index contributed by atoms with van der Waals surface area (Å²) in [5, 5.41) is 10.9. The second-order valence-electron chi connectivity index (χ2n) is 3.16. The van der Waals surface area contributed by atoms with E-state index in [4.69, 9.17) is 16.3 Å². The predicted octanol–water partition coefficient (Wildman–Crippen LogP) is 2.19. The lowest BCUT2D eigenvalue weighted by atomic mass is 10.0. The molecule has 0 spiro atoms. The highest BCUT2D eigenvalue weighted by Crippen LogP contribution is 2.34. The van der Waals surface area contributed by atoms with Crippen LogP contribution in [-0.2, 0) is 9.53 Å². The monoisotopic (exact) mass is 239 g/mol. The first-order valence-corrected chi connectivity index (χ1v) is 4.77. The fourth-order valence-electron chi connectivity index (χ4n) is 1.48. The summed E-state index contributed by atoms with van der Waals surface area (Å²) in [5.74, 6) is -0.287. The minimum Gasteiger partial charge on any atom is -0.492 e. The van der Waals surface area contributed by atoms with E-state index in [9.17, 15) is 14.9 Å². The molecule has 0 saturated heterocycles. The third kappa shape index (κ3) is 1.65. The lowest BCUT2D eigenvalue weighted by molar-refractivity contribution is -0.385. The molecule has 0 radical (unpaired) electrons. The van der Waals surface area contributed by atoms with Gasteiger partial charge in [-0.1, -0.05) is 17.7 Å². The van der Waals surface area contributed by atoms with Crippen LogP contribution in [0.1, 0.15) is 5.56 Å². The van der Waals surface area contributed by atoms with E-state index in [2.05, 4.69) is 0 Å². The molecular weight excluding hydrogens is 234 g/mol. The number of hydrogen-bond acceptors (Lipinski definition) is 4. The molecule has 1 aromatic rings. The highest BCUT2D eigenvalue weighted by atomic mass is 35.5. The van der Waals surface area contributed by atoms with Gasteiger partial charge in [-0.05, 0) is 12.1 Å². The van der Waals surface area contributed by atoms with E-state index < -0.39 is 4.92 Å². The van der Waals surface area contributed by atoms with Crippen LogP contribution < -0.4 is 0 Å². The second-order valence-corrected chi connectivity index (χ2v) is 3.57. The minimum absolute atomic E-state index is 0.00287. The Morgan fingerprint density at radius 1 is 1.44 bits per heavy atom. The third-order valence-corrected chi connectivity index (χ3v) is 2.48. The Hall–Kier alpha value is -1.88. The molecule has 82 valence electrons. The number of para-hydroxylation sites is 1. The highest BCUT2D eigenvalue weighted by molar-refractivity contribution is 6.34. The fraction of sp³-hybridized carbons (Fsp3) is 0.100. The van der Waals surface area contributed by atoms with E-state index in [1.54, 1.807) is 6.07 Å². The number of ether oxygens (including phenoxy) is 1. The maximum Gasteiger partial charge on any atom is 0.295 e. The number of nitrogens with zero attached hydrogens (tertiary/aromatic N) is 1. The zero-order chi connectivity index (χ0) is 11.7. The molecule has 0 bridgehead atoms. The maximum absolute atomic E-state index is 11.4. The molecule has 1 aliphatic heterocycles. The molecule has 6 heteroatoms. The number of ketones is 1. The first-order valence-electron chi connectivity index (χ1n) is 4.39. The van der Waals surface area contributed by atoms with Crippen molar-refractivity contribution >= 4 is 28.6 Å². The van der Waals surface area contributed by atoms with E-state index >= 15 is 0 Å². The van der Waals surface area contributed by atoms with Gasteiger partial charge in [-0.25, -0.2) is 0 Å². The highest BCUT2D eigenvalue weighted by Gasteiger charge is 2.27. The summed E-state index contributed by atoms with van der Waals surface area (Å²) in [4.78, 5) is 21.6. The number of nitro benzene ring substituents is 1. The van der Waals surface area contributed by atoms with E-state index in [1.165, 1.54) is 18.4 Å². The Morgan fingerprint density at radius 3 is 2.75 bits per heavy atom. The van der Waals surface area contributed by atoms with Crippen LogP contribution >= 0.6 is 11.6 Å². The number of Topliss-reactive ketones (excluding diaryl/α,β-unsaturated/α-hetero) is 1. The van der Waals surface area contributed by atoms with Gasteiger partial charge in [0.2, 0.25) is 5.78 Å². The van der Waals surface area contributed by atoms with Crippen LogP contribution in [0, 0.1) is 10.1 Å². The summed E-state index contributed by atoms with van der Waals surface area (Å²) in [6, 6.07) is 4.43. The van der Waals surface area contributed by atoms with Crippen LogP contribution in [0.3, 0.4) is 0 Å². The number of hydrogen-bond donors (Lipinski definition) is 0. The Bertz CT molecular complexity index is 510. The molecule has 1 aliphatic rings. The van der Waals surface area contributed by atoms with Crippen LogP contribution in [-0.4, -0.2) is 17.3 Å². The Labute approximate surface area is 95.4 Å². The molecule has 0 aliphatic carbocycles. The number of carbonyl (C=O) groups excluding carboxylic acids is 1. The Kier molecular flexibility index (Phi) is 2.62. The van der Waals surface area contributed by atoms with Gasteiger partial charge in [0.15, 0.2) is 6.61 Å². The molecular formula is C10H6ClNO4. The number of rotatable bonds is 2. The Morgan fingerprint density at radius 2 is 2.19 bits per heavy atom. The van der Waals surface area contributed by atoms with Crippen molar-refractivity contribution in [2.75, 3.05) is 6.61 Å². The Balaban J connectivity index is 2.61. The van der Waals surface area contributed by atoms with Crippen molar-refractivity contribution in [2.45, 2.75) is 0 Å². The molecule has 16 heavy (non-hydrogen) atoms. The second kappa shape index (κ2) is 3.94. The zero-order valence-electron chi connectivity index (χ0n) is 7.97. The molecule has 0 unspecified atom stereocenters. The number of carbonyl (C=O) groups is 1. The first kappa shape index (κ1) is 10.6. The predicted molar refractivity (Wildman–Crippen MR) is 57.0 cm³/mol. The quantitative estimate of drug-likeness (QED) is 0.586. The van der Waals surface area contributed by atoms with E-state index in [1.807, 2.05) is 0 Å². The third-order valence-electron chi connectivity index (χ3n) is 2.18. The summed E-state index contributed by atoms with van der Waals surface area (Å²) in [6.45, 7) is -0.0843. The summed E-state index contributed by atoms with van der Waals surface area (Å²) < 4.78 is 4.82. The van der Waals surface area contributed by atoms with Gasteiger partial charge in [0, 0.05) is 0 Å². The molecule has 5 nitrogen and oxygen atoms in total. The van der Waals surface area contributed by atoms with E-state index in [-0.39, 0.29) is 34.2 Å². The van der Waals surface area contributed by atoms with E-state index in [0.717, 1.165) is 0 Å². The maximum atomic E-state index is 11.4. The molecule has 0 N–H and O–H groups in total. The van der Waals surface area contributed by atoms with Gasteiger partial charge in [0.05, 0.1) is 22.3 Å². The van der Waals surface area contributed by atoms with Crippen molar-refractivity contribution in [2.24, 2.45) is 0 Å². The molecule has 1 heterocycles. The van der Waals surface area contributed by atoms with Crippen LogP contribution in [0.5, 0.6) is 0 Å². The van der Waals surface area contributed by atoms with Gasteiger partial charge in [-0.15, -0.1) is 0 Å². The van der Waals surface area contributed by atoms with Crippen molar-refractivity contribution in [3.8, 4) is 0 Å². The molecule has 0 saturated carbocycles. The van der Waals surface area contributed by atoms with Crippen molar-refractivity contribution in [3.05, 3.63) is 45.2 Å². The number of benzene rings is 1. The summed E-state index contributed by atoms with van der Waals surface area (Å²) in [5.41, 5.74) is 0.114. The van der Waals surface area contributed by atoms with Gasteiger partial charge in [0.1, 0.15) is 5.02 Å². The summed E-state index contributed by atoms with van der Waals surface area (Å²) in [7, 11) is 0. The van der Waals surface area contributed by atoms with E-state index in [0.29, 0.717) is 0 Å². The first-order chi connectivity index (χ1) is 7.61. The van der Waals surface area contributed by atoms with Crippen molar-refractivity contribution in [3.63, 3.8) is 0 Å². The van der Waals surface area contributed by atoms with Gasteiger partial charge in [-0.2, -0.15) is 0 Å². The topological polar surface area (TPSA) is 69.4 Å². The molecule has 1 aromatic carbocycles. The summed E-state index contributed by atoms with van der Waals surface area (Å²) in [6.07, 6.45) is 1.22. The summed E-state index contributed by atoms with van der Waals surface area (Å²) >= 11 is 5.73. The van der Waals surface area contributed by atoms with Gasteiger partial charge in [-0.3, -0.25) is 14.9 Å². The average Bonchev–Trinajstić information content (AvgIpc) is 2.63. The van der Waals surface area contributed by atoms with Crippen LogP contribution in [0.25, 0.3) is 5.57 Å². The minimum atomic E-state index is -0.607. The number of nitro groups is 1. The van der Waals surface area contributed by atoms with Crippen LogP contribution in [0.4, 0.5) is 5.69 Å². The molecule has 0 aromatic heterocycles. The lowest BCUT2D eigenvalue weighted by Gasteiger charge is -2.02. The average molecular weight is 240 g/mol. The standard InChI is InChI=1S/C10H6ClNO4/c11-8-3-1-2-6(10(8)12(14)15)7-4-16-5-9(7)13/h1-4H,5H2. The van der Waals surface area contributed by atoms with Crippen LogP contribution in [0.15, 0.2) is 24.5 Å². The normalized spacial score (nSPS) is 14.6. The SMILES string of the molecule is O=C1COC=C1c1cccc(Cl)c1[N+](=O)[O-]. The van der Waals surface area contributed by atoms with Crippen molar-refractivity contribution in [1.29, 1.82) is 0 Å². The van der Waals surface area contributed by atoms with Crippen molar-refractivity contribution in [1.82, 2.24) is 0 Å². The largest absolute Gasteiger partial charge is 0.492 e. The molecule has 0 atom stereocenters. The van der Waals surface area contributed by atoms with Crippen LogP contribution in [0.2, 0.25) is 5.02 Å². The molecule has 2 rings (SSSR count). The fourth-order valence-corrected chi connectivity index (χ4v) is 1.72. The van der Waals surface area contributed by atoms with Gasteiger partial charge in [0.25, 0.3) is 5.69 Å². The zero-order valence-corrected chi connectivity index (χ0v) is 8.73. The smallest absolute Gasteiger partial charge is 0.295 e. The lowest BCUT2D eigenvalue weighted by Crippen LogP contribution is -2.03.